The molecule has 0 radical (unpaired) electrons. The van der Waals surface area contributed by atoms with Crippen molar-refractivity contribution < 1.29 is 38.1 Å². The van der Waals surface area contributed by atoms with E-state index in [1.54, 1.807) is 25.1 Å². The molecule has 0 saturated carbocycles. The molecule has 3 amide bonds. The molecular formula is C28H22ClFN2O7S. The number of halogens is 2. The van der Waals surface area contributed by atoms with E-state index < -0.39 is 35.4 Å². The maximum Gasteiger partial charge on any atom is 0.335 e. The molecule has 2 N–H and O–H groups in total. The van der Waals surface area contributed by atoms with Gasteiger partial charge in [0.05, 0.1) is 27.8 Å². The maximum atomic E-state index is 13.8. The van der Waals surface area contributed by atoms with Gasteiger partial charge in [-0.15, -0.1) is 0 Å². The number of benzene rings is 3. The molecule has 4 rings (SSSR count). The van der Waals surface area contributed by atoms with Gasteiger partial charge in [0, 0.05) is 0 Å². The van der Waals surface area contributed by atoms with Gasteiger partial charge in [-0.05, 0) is 72.3 Å². The van der Waals surface area contributed by atoms with Crippen molar-refractivity contribution in [3.63, 3.8) is 0 Å². The molecular weight excluding hydrogens is 563 g/mol. The minimum Gasteiger partial charge on any atom is -0.490 e. The number of nitrogens with one attached hydrogen (secondary N) is 1. The molecule has 9 nitrogen and oxygen atoms in total. The third kappa shape index (κ3) is 6.80. The highest BCUT2D eigenvalue weighted by Gasteiger charge is 2.36. The Morgan fingerprint density at radius 3 is 2.50 bits per heavy atom. The summed E-state index contributed by atoms with van der Waals surface area (Å²) in [6.07, 6.45) is 1.45. The standard InChI is InChI=1S/C28H22ClFN2O7S/c1-2-38-22-12-17(11-19(29)25(22)39-15-16-7-9-18(10-8-16)27(35)36)13-23-26(34)32(28(37)40-23)14-24(33)31-21-6-4-3-5-20(21)30/h3-13H,2,14-15H2,1H3,(H,31,33)(H,35,36)/b23-13-. The number of nitrogens with zero attached hydrogens (tertiary/aromatic N) is 1. The topological polar surface area (TPSA) is 122 Å². The van der Waals surface area contributed by atoms with Crippen LogP contribution in [0.1, 0.15) is 28.4 Å². The van der Waals surface area contributed by atoms with Crippen LogP contribution in [0.3, 0.4) is 0 Å². The number of aromatic carboxylic acids is 1. The second-order valence-corrected chi connectivity index (χ2v) is 9.75. The molecule has 3 aromatic rings. The summed E-state index contributed by atoms with van der Waals surface area (Å²) in [6.45, 7) is 1.57. The number of amides is 3. The van der Waals surface area contributed by atoms with Gasteiger partial charge in [-0.3, -0.25) is 19.3 Å². The number of hydrogen-bond donors (Lipinski definition) is 2. The zero-order valence-corrected chi connectivity index (χ0v) is 22.6. The highest BCUT2D eigenvalue weighted by Crippen LogP contribution is 2.39. The third-order valence-corrected chi connectivity index (χ3v) is 6.72. The zero-order chi connectivity index (χ0) is 28.8. The van der Waals surface area contributed by atoms with Gasteiger partial charge in [-0.25, -0.2) is 9.18 Å². The molecule has 0 unspecified atom stereocenters. The quantitative estimate of drug-likeness (QED) is 0.285. The van der Waals surface area contributed by atoms with E-state index in [0.29, 0.717) is 28.6 Å². The number of hydrogen-bond acceptors (Lipinski definition) is 7. The minimum absolute atomic E-state index is 0.0623. The van der Waals surface area contributed by atoms with Crippen molar-refractivity contribution in [2.24, 2.45) is 0 Å². The van der Waals surface area contributed by atoms with Gasteiger partial charge in [0.1, 0.15) is 19.0 Å². The smallest absolute Gasteiger partial charge is 0.335 e. The van der Waals surface area contributed by atoms with Crippen LogP contribution in [-0.2, 0) is 16.2 Å². The molecule has 206 valence electrons. The largest absolute Gasteiger partial charge is 0.490 e. The number of carboxylic acids is 1. The normalized spacial score (nSPS) is 14.0. The Hall–Kier alpha value is -4.35. The molecule has 12 heteroatoms. The summed E-state index contributed by atoms with van der Waals surface area (Å²) < 4.78 is 25.4. The molecule has 1 fully saturated rings. The second kappa shape index (κ2) is 12.7. The molecule has 0 bridgehead atoms. The predicted molar refractivity (Wildman–Crippen MR) is 148 cm³/mol. The molecule has 40 heavy (non-hydrogen) atoms. The first-order chi connectivity index (χ1) is 19.2. The second-order valence-electron chi connectivity index (χ2n) is 8.35. The molecule has 1 saturated heterocycles. The summed E-state index contributed by atoms with van der Waals surface area (Å²) in [5, 5.41) is 10.9. The SMILES string of the molecule is CCOc1cc(/C=C2\SC(=O)N(CC(=O)Nc3ccccc3F)C2=O)cc(Cl)c1OCc1ccc(C(=O)O)cc1. The van der Waals surface area contributed by atoms with Crippen LogP contribution in [0.15, 0.2) is 65.6 Å². The van der Waals surface area contributed by atoms with E-state index >= 15 is 0 Å². The Labute approximate surface area is 237 Å². The van der Waals surface area contributed by atoms with Crippen molar-refractivity contribution in [2.45, 2.75) is 13.5 Å². The van der Waals surface area contributed by atoms with Crippen molar-refractivity contribution in [3.05, 3.63) is 93.1 Å². The molecule has 0 spiro atoms. The maximum absolute atomic E-state index is 13.8. The Bertz CT molecular complexity index is 1510. The van der Waals surface area contributed by atoms with E-state index in [1.807, 2.05) is 0 Å². The lowest BCUT2D eigenvalue weighted by atomic mass is 10.1. The number of anilines is 1. The van der Waals surface area contributed by atoms with E-state index in [2.05, 4.69) is 5.32 Å². The predicted octanol–water partition coefficient (Wildman–Crippen LogP) is 5.83. The summed E-state index contributed by atoms with van der Waals surface area (Å²) in [6, 6.07) is 14.9. The summed E-state index contributed by atoms with van der Waals surface area (Å²) in [5.74, 6) is -2.54. The van der Waals surface area contributed by atoms with Crippen molar-refractivity contribution in [2.75, 3.05) is 18.5 Å². The number of rotatable bonds is 10. The highest BCUT2D eigenvalue weighted by molar-refractivity contribution is 8.18. The molecule has 3 aromatic carbocycles. The first-order valence-electron chi connectivity index (χ1n) is 11.9. The molecule has 1 aliphatic rings. The lowest BCUT2D eigenvalue weighted by Crippen LogP contribution is -2.36. The highest BCUT2D eigenvalue weighted by atomic mass is 35.5. The number of carbonyl (C=O) groups excluding carboxylic acids is 3. The lowest BCUT2D eigenvalue weighted by Gasteiger charge is -2.15. The van der Waals surface area contributed by atoms with Gasteiger partial charge in [0.25, 0.3) is 11.1 Å². The Morgan fingerprint density at radius 1 is 1.10 bits per heavy atom. The van der Waals surface area contributed by atoms with Gasteiger partial charge in [-0.1, -0.05) is 35.9 Å². The number of carbonyl (C=O) groups is 4. The fourth-order valence-corrected chi connectivity index (χ4v) is 4.77. The van der Waals surface area contributed by atoms with Crippen molar-refractivity contribution in [3.8, 4) is 11.5 Å². The average Bonchev–Trinajstić information content (AvgIpc) is 3.17. The van der Waals surface area contributed by atoms with E-state index in [1.165, 1.54) is 48.5 Å². The van der Waals surface area contributed by atoms with Crippen molar-refractivity contribution in [1.29, 1.82) is 0 Å². The third-order valence-electron chi connectivity index (χ3n) is 5.54. The number of imide groups is 1. The van der Waals surface area contributed by atoms with Crippen LogP contribution in [0.4, 0.5) is 14.9 Å². The molecule has 0 atom stereocenters. The van der Waals surface area contributed by atoms with Crippen LogP contribution in [0.5, 0.6) is 11.5 Å². The lowest BCUT2D eigenvalue weighted by molar-refractivity contribution is -0.127. The average molecular weight is 585 g/mol. The number of thioether (sulfide) groups is 1. The van der Waals surface area contributed by atoms with Crippen LogP contribution < -0.4 is 14.8 Å². The fraction of sp³-hybridized carbons (Fsp3) is 0.143. The van der Waals surface area contributed by atoms with Gasteiger partial charge >= 0.3 is 5.97 Å². The van der Waals surface area contributed by atoms with Crippen LogP contribution >= 0.6 is 23.4 Å². The van der Waals surface area contributed by atoms with Crippen LogP contribution in [-0.4, -0.2) is 46.2 Å². The monoisotopic (exact) mass is 584 g/mol. The van der Waals surface area contributed by atoms with Crippen LogP contribution in [0, 0.1) is 5.82 Å². The first-order valence-corrected chi connectivity index (χ1v) is 13.1. The molecule has 1 aliphatic heterocycles. The Balaban J connectivity index is 1.48. The Kier molecular flexibility index (Phi) is 9.08. The Morgan fingerprint density at radius 2 is 1.82 bits per heavy atom. The van der Waals surface area contributed by atoms with Gasteiger partial charge in [-0.2, -0.15) is 0 Å². The van der Waals surface area contributed by atoms with Crippen molar-refractivity contribution in [1.82, 2.24) is 4.90 Å². The summed E-state index contributed by atoms with van der Waals surface area (Å²) in [7, 11) is 0. The fourth-order valence-electron chi connectivity index (χ4n) is 3.66. The van der Waals surface area contributed by atoms with Gasteiger partial charge in [0.2, 0.25) is 5.91 Å². The number of carboxylic acid groups (broad SMARTS) is 1. The van der Waals surface area contributed by atoms with Crippen LogP contribution in [0.25, 0.3) is 6.08 Å². The summed E-state index contributed by atoms with van der Waals surface area (Å²) in [5.41, 5.74) is 1.25. The van der Waals surface area contributed by atoms with E-state index in [-0.39, 0.29) is 40.1 Å². The molecule has 0 aliphatic carbocycles. The first kappa shape index (κ1) is 28.7. The number of ether oxygens (including phenoxy) is 2. The van der Waals surface area contributed by atoms with Crippen LogP contribution in [0.2, 0.25) is 5.02 Å². The molecule has 1 heterocycles. The molecule has 0 aromatic heterocycles. The van der Waals surface area contributed by atoms with E-state index in [9.17, 15) is 23.6 Å². The van der Waals surface area contributed by atoms with E-state index in [4.69, 9.17) is 26.2 Å². The van der Waals surface area contributed by atoms with Gasteiger partial charge < -0.3 is 19.9 Å². The summed E-state index contributed by atoms with van der Waals surface area (Å²) >= 11 is 7.13. The van der Waals surface area contributed by atoms with Gasteiger partial charge in [0.15, 0.2) is 11.5 Å². The minimum atomic E-state index is -1.03. The number of para-hydroxylation sites is 1. The van der Waals surface area contributed by atoms with E-state index in [0.717, 1.165) is 4.90 Å². The summed E-state index contributed by atoms with van der Waals surface area (Å²) in [4.78, 5) is 49.6. The van der Waals surface area contributed by atoms with Crippen molar-refractivity contribution >= 4 is 58.1 Å². The zero-order valence-electron chi connectivity index (χ0n) is 21.0.